The van der Waals surface area contributed by atoms with Gasteiger partial charge in [-0.25, -0.2) is 0 Å². The van der Waals surface area contributed by atoms with E-state index in [0.29, 0.717) is 0 Å². The van der Waals surface area contributed by atoms with Crippen molar-refractivity contribution in [1.29, 1.82) is 0 Å². The van der Waals surface area contributed by atoms with E-state index in [1.807, 2.05) is 6.92 Å². The summed E-state index contributed by atoms with van der Waals surface area (Å²) in [6.45, 7) is 8.92. The van der Waals surface area contributed by atoms with E-state index in [9.17, 15) is 0 Å². The summed E-state index contributed by atoms with van der Waals surface area (Å²) in [5.41, 5.74) is 3.65. The van der Waals surface area contributed by atoms with Crippen LogP contribution in [0.1, 0.15) is 36.7 Å². The lowest BCUT2D eigenvalue weighted by Crippen LogP contribution is -2.48. The van der Waals surface area contributed by atoms with E-state index in [4.69, 9.17) is 4.74 Å². The van der Waals surface area contributed by atoms with Crippen LogP contribution >= 0.6 is 0 Å². The maximum absolute atomic E-state index is 5.53. The van der Waals surface area contributed by atoms with Gasteiger partial charge in [0.05, 0.1) is 12.3 Å². The van der Waals surface area contributed by atoms with Crippen molar-refractivity contribution in [3.8, 4) is 0 Å². The third-order valence-electron chi connectivity index (χ3n) is 3.41. The van der Waals surface area contributed by atoms with Gasteiger partial charge in [0.2, 0.25) is 0 Å². The molecule has 1 unspecified atom stereocenters. The zero-order valence-electron chi connectivity index (χ0n) is 10.4. The molecule has 0 aliphatic carbocycles. The molecule has 4 nitrogen and oxygen atoms in total. The average Bonchev–Trinajstić information content (AvgIpc) is 2.57. The highest BCUT2D eigenvalue weighted by molar-refractivity contribution is 5.23. The minimum atomic E-state index is 0.119. The Morgan fingerprint density at radius 3 is 2.88 bits per heavy atom. The summed E-state index contributed by atoms with van der Waals surface area (Å²) >= 11 is 0. The van der Waals surface area contributed by atoms with Gasteiger partial charge in [-0.2, -0.15) is 5.10 Å². The van der Waals surface area contributed by atoms with Crippen molar-refractivity contribution in [2.75, 3.05) is 13.2 Å². The summed E-state index contributed by atoms with van der Waals surface area (Å²) < 4.78 is 5.53. The van der Waals surface area contributed by atoms with E-state index >= 15 is 0 Å². The summed E-state index contributed by atoms with van der Waals surface area (Å²) in [6.07, 6.45) is 2.33. The average molecular weight is 223 g/mol. The Hall–Kier alpha value is -0.870. The molecule has 1 aliphatic heterocycles. The molecular formula is C12H21N3O. The second kappa shape index (κ2) is 4.55. The van der Waals surface area contributed by atoms with Gasteiger partial charge >= 0.3 is 0 Å². The first-order valence-electron chi connectivity index (χ1n) is 5.94. The Morgan fingerprint density at radius 1 is 1.50 bits per heavy atom. The lowest BCUT2D eigenvalue weighted by atomic mass is 9.94. The molecule has 90 valence electrons. The molecular weight excluding hydrogens is 202 g/mol. The molecule has 2 heterocycles. The highest BCUT2D eigenvalue weighted by Crippen LogP contribution is 2.19. The molecule has 1 aromatic heterocycles. The predicted octanol–water partition coefficient (Wildman–Crippen LogP) is 1.69. The third-order valence-corrected chi connectivity index (χ3v) is 3.41. The van der Waals surface area contributed by atoms with Crippen molar-refractivity contribution in [3.63, 3.8) is 0 Å². The smallest absolute Gasteiger partial charge is 0.0645 e. The van der Waals surface area contributed by atoms with Gasteiger partial charge in [0.15, 0.2) is 0 Å². The molecule has 1 aromatic rings. The molecule has 2 N–H and O–H groups in total. The molecule has 0 saturated carbocycles. The molecule has 1 aliphatic rings. The predicted molar refractivity (Wildman–Crippen MR) is 63.4 cm³/mol. The third kappa shape index (κ3) is 2.44. The lowest BCUT2D eigenvalue weighted by Gasteiger charge is -2.34. The Bertz CT molecular complexity index is 334. The molecule has 0 amide bonds. The zero-order valence-corrected chi connectivity index (χ0v) is 10.4. The first-order chi connectivity index (χ1) is 7.61. The number of ether oxygens (including phenoxy) is 1. The van der Waals surface area contributed by atoms with Crippen LogP contribution in [0.15, 0.2) is 0 Å². The van der Waals surface area contributed by atoms with E-state index in [-0.39, 0.29) is 5.54 Å². The first-order valence-corrected chi connectivity index (χ1v) is 5.94. The number of hydrogen-bond donors (Lipinski definition) is 2. The van der Waals surface area contributed by atoms with Crippen molar-refractivity contribution in [3.05, 3.63) is 17.0 Å². The van der Waals surface area contributed by atoms with Crippen molar-refractivity contribution in [2.45, 2.75) is 45.7 Å². The van der Waals surface area contributed by atoms with Crippen molar-refractivity contribution in [1.82, 2.24) is 15.5 Å². The Morgan fingerprint density at radius 2 is 2.31 bits per heavy atom. The summed E-state index contributed by atoms with van der Waals surface area (Å²) in [4.78, 5) is 0. The van der Waals surface area contributed by atoms with Crippen LogP contribution in [0, 0.1) is 13.8 Å². The lowest BCUT2D eigenvalue weighted by molar-refractivity contribution is 0.0277. The summed E-state index contributed by atoms with van der Waals surface area (Å²) in [7, 11) is 0. The van der Waals surface area contributed by atoms with Crippen LogP contribution in [0.25, 0.3) is 0 Å². The molecule has 1 atom stereocenters. The van der Waals surface area contributed by atoms with E-state index < -0.39 is 0 Å². The van der Waals surface area contributed by atoms with Gasteiger partial charge in [0.1, 0.15) is 0 Å². The molecule has 1 fully saturated rings. The number of hydrogen-bond acceptors (Lipinski definition) is 3. The van der Waals surface area contributed by atoms with Gasteiger partial charge in [-0.1, -0.05) is 0 Å². The molecule has 2 rings (SSSR count). The van der Waals surface area contributed by atoms with Crippen LogP contribution in [0.2, 0.25) is 0 Å². The van der Waals surface area contributed by atoms with Crippen LogP contribution < -0.4 is 5.32 Å². The number of nitrogens with one attached hydrogen (secondary N) is 2. The van der Waals surface area contributed by atoms with Crippen LogP contribution in [0.5, 0.6) is 0 Å². The standard InChI is InChI=1S/C12H21N3O/c1-9-11(10(2)15-14-9)7-13-12(3)5-4-6-16-8-12/h13H,4-8H2,1-3H3,(H,14,15). The van der Waals surface area contributed by atoms with Crippen molar-refractivity contribution >= 4 is 0 Å². The zero-order chi connectivity index (χ0) is 11.6. The number of nitrogens with zero attached hydrogens (tertiary/aromatic N) is 1. The topological polar surface area (TPSA) is 49.9 Å². The molecule has 4 heteroatoms. The Balaban J connectivity index is 1.96. The van der Waals surface area contributed by atoms with Gasteiger partial charge in [-0.15, -0.1) is 0 Å². The monoisotopic (exact) mass is 223 g/mol. The van der Waals surface area contributed by atoms with Crippen LogP contribution in [0.4, 0.5) is 0 Å². The van der Waals surface area contributed by atoms with Gasteiger partial charge < -0.3 is 10.1 Å². The van der Waals surface area contributed by atoms with Gasteiger partial charge in [0, 0.05) is 29.9 Å². The number of aromatic amines is 1. The molecule has 0 bridgehead atoms. The Labute approximate surface area is 96.8 Å². The van der Waals surface area contributed by atoms with E-state index in [1.54, 1.807) is 0 Å². The maximum Gasteiger partial charge on any atom is 0.0645 e. The summed E-state index contributed by atoms with van der Waals surface area (Å²) in [5, 5.41) is 10.8. The largest absolute Gasteiger partial charge is 0.380 e. The van der Waals surface area contributed by atoms with Gasteiger partial charge in [-0.3, -0.25) is 5.10 Å². The fourth-order valence-electron chi connectivity index (χ4n) is 2.21. The van der Waals surface area contributed by atoms with Gasteiger partial charge in [0.25, 0.3) is 0 Å². The quantitative estimate of drug-likeness (QED) is 0.819. The minimum Gasteiger partial charge on any atom is -0.380 e. The van der Waals surface area contributed by atoms with E-state index in [0.717, 1.165) is 37.6 Å². The fraction of sp³-hybridized carbons (Fsp3) is 0.750. The highest BCUT2D eigenvalue weighted by Gasteiger charge is 2.27. The molecule has 0 radical (unpaired) electrons. The van der Waals surface area contributed by atoms with E-state index in [2.05, 4.69) is 29.4 Å². The van der Waals surface area contributed by atoms with Crippen molar-refractivity contribution < 1.29 is 4.74 Å². The highest BCUT2D eigenvalue weighted by atomic mass is 16.5. The second-order valence-corrected chi connectivity index (χ2v) is 4.98. The molecule has 16 heavy (non-hydrogen) atoms. The SMILES string of the molecule is Cc1n[nH]c(C)c1CNC1(C)CCCOC1. The first kappa shape index (κ1) is 11.6. The number of aromatic nitrogens is 2. The fourth-order valence-corrected chi connectivity index (χ4v) is 2.21. The molecule has 0 spiro atoms. The number of rotatable bonds is 3. The minimum absolute atomic E-state index is 0.119. The van der Waals surface area contributed by atoms with Crippen LogP contribution in [0.3, 0.4) is 0 Å². The normalized spacial score (nSPS) is 25.9. The van der Waals surface area contributed by atoms with Crippen LogP contribution in [-0.4, -0.2) is 29.0 Å². The van der Waals surface area contributed by atoms with Crippen LogP contribution in [-0.2, 0) is 11.3 Å². The number of aryl methyl sites for hydroxylation is 2. The second-order valence-electron chi connectivity index (χ2n) is 4.98. The maximum atomic E-state index is 5.53. The molecule has 0 aromatic carbocycles. The van der Waals surface area contributed by atoms with Crippen molar-refractivity contribution in [2.24, 2.45) is 0 Å². The van der Waals surface area contributed by atoms with E-state index in [1.165, 1.54) is 12.0 Å². The number of H-pyrrole nitrogens is 1. The van der Waals surface area contributed by atoms with Gasteiger partial charge in [-0.05, 0) is 33.6 Å². The molecule has 1 saturated heterocycles. The summed E-state index contributed by atoms with van der Waals surface area (Å²) in [6, 6.07) is 0. The summed E-state index contributed by atoms with van der Waals surface area (Å²) in [5.74, 6) is 0. The Kier molecular flexibility index (Phi) is 3.30.